The van der Waals surface area contributed by atoms with E-state index in [1.165, 1.54) is 6.08 Å². The van der Waals surface area contributed by atoms with Crippen molar-refractivity contribution in [1.29, 1.82) is 5.26 Å². The Morgan fingerprint density at radius 2 is 1.90 bits per heavy atom. The van der Waals surface area contributed by atoms with Crippen molar-refractivity contribution in [3.63, 3.8) is 0 Å². The number of rotatable bonds is 10. The van der Waals surface area contributed by atoms with Crippen molar-refractivity contribution in [3.05, 3.63) is 65.2 Å². The van der Waals surface area contributed by atoms with Gasteiger partial charge in [0.25, 0.3) is 11.8 Å². The summed E-state index contributed by atoms with van der Waals surface area (Å²) in [5.41, 5.74) is 6.76. The maximum Gasteiger partial charge on any atom is 0.261 e. The summed E-state index contributed by atoms with van der Waals surface area (Å²) < 4.78 is 10.8. The van der Waals surface area contributed by atoms with Gasteiger partial charge in [-0.15, -0.1) is 0 Å². The van der Waals surface area contributed by atoms with Crippen molar-refractivity contribution in [1.82, 2.24) is 5.32 Å². The molecule has 0 aliphatic carbocycles. The molecule has 0 spiro atoms. The van der Waals surface area contributed by atoms with E-state index in [1.54, 1.807) is 25.1 Å². The molecule has 0 fully saturated rings. The number of carbonyl (C=O) groups excluding carboxylic acids is 2. The van der Waals surface area contributed by atoms with Crippen LogP contribution in [0.15, 0.2) is 54.1 Å². The van der Waals surface area contributed by atoms with Crippen LogP contribution in [0.25, 0.3) is 6.08 Å². The van der Waals surface area contributed by atoms with Crippen LogP contribution < -0.4 is 20.5 Å². The van der Waals surface area contributed by atoms with E-state index >= 15 is 0 Å². The van der Waals surface area contributed by atoms with Crippen molar-refractivity contribution in [2.24, 2.45) is 5.73 Å². The van der Waals surface area contributed by atoms with E-state index in [9.17, 15) is 14.9 Å². The lowest BCUT2D eigenvalue weighted by Gasteiger charge is -2.11. The summed E-state index contributed by atoms with van der Waals surface area (Å²) in [7, 11) is 0. The predicted octanol–water partition coefficient (Wildman–Crippen LogP) is 2.22. The van der Waals surface area contributed by atoms with Crippen LogP contribution in [-0.2, 0) is 16.0 Å². The molecule has 2 amide bonds. The monoisotopic (exact) mass is 393 g/mol. The largest absolute Gasteiger partial charge is 0.490 e. The number of carbonyl (C=O) groups is 2. The van der Waals surface area contributed by atoms with Crippen LogP contribution >= 0.6 is 0 Å². The molecule has 150 valence electrons. The number of nitriles is 1. The van der Waals surface area contributed by atoms with E-state index in [4.69, 9.17) is 15.2 Å². The smallest absolute Gasteiger partial charge is 0.261 e. The Hall–Kier alpha value is -3.79. The molecule has 0 atom stereocenters. The molecule has 2 aromatic rings. The first-order valence-corrected chi connectivity index (χ1v) is 9.15. The van der Waals surface area contributed by atoms with Gasteiger partial charge in [-0.2, -0.15) is 5.26 Å². The van der Waals surface area contributed by atoms with Gasteiger partial charge in [0.1, 0.15) is 11.6 Å². The average molecular weight is 393 g/mol. The number of amides is 2. The molecule has 3 N–H and O–H groups in total. The maximum absolute atomic E-state index is 12.3. The SMILES string of the molecule is CCOc1cc(/C=C(\C#N)C(=O)NCCc2ccccc2)ccc1OCC(N)=O. The highest BCUT2D eigenvalue weighted by molar-refractivity contribution is 6.01. The van der Waals surface area contributed by atoms with E-state index < -0.39 is 11.8 Å². The number of nitrogens with zero attached hydrogens (tertiary/aromatic N) is 1. The molecule has 7 nitrogen and oxygen atoms in total. The highest BCUT2D eigenvalue weighted by atomic mass is 16.5. The highest BCUT2D eigenvalue weighted by Gasteiger charge is 2.11. The summed E-state index contributed by atoms with van der Waals surface area (Å²) in [5.74, 6) is -0.302. The zero-order valence-corrected chi connectivity index (χ0v) is 16.2. The normalized spacial score (nSPS) is 10.7. The van der Waals surface area contributed by atoms with Crippen LogP contribution in [0.2, 0.25) is 0 Å². The lowest BCUT2D eigenvalue weighted by Crippen LogP contribution is -2.26. The molecule has 0 aliphatic rings. The molecule has 29 heavy (non-hydrogen) atoms. The Morgan fingerprint density at radius 3 is 2.55 bits per heavy atom. The van der Waals surface area contributed by atoms with E-state index in [2.05, 4.69) is 5.32 Å². The van der Waals surface area contributed by atoms with E-state index in [0.717, 1.165) is 5.56 Å². The summed E-state index contributed by atoms with van der Waals surface area (Å²) in [6, 6.07) is 16.6. The summed E-state index contributed by atoms with van der Waals surface area (Å²) in [4.78, 5) is 23.2. The topological polar surface area (TPSA) is 114 Å². The third-order valence-electron chi connectivity index (χ3n) is 3.86. The highest BCUT2D eigenvalue weighted by Crippen LogP contribution is 2.29. The van der Waals surface area contributed by atoms with E-state index in [-0.39, 0.29) is 12.2 Å². The zero-order chi connectivity index (χ0) is 21.1. The number of ether oxygens (including phenoxy) is 2. The van der Waals surface area contributed by atoms with Gasteiger partial charge in [0.05, 0.1) is 6.61 Å². The molecule has 0 heterocycles. The fraction of sp³-hybridized carbons (Fsp3) is 0.227. The number of primary amides is 1. The third-order valence-corrected chi connectivity index (χ3v) is 3.86. The molecular weight excluding hydrogens is 370 g/mol. The molecule has 0 saturated heterocycles. The molecular formula is C22H23N3O4. The van der Waals surface area contributed by atoms with Crippen LogP contribution in [0.1, 0.15) is 18.1 Å². The van der Waals surface area contributed by atoms with Crippen molar-refractivity contribution in [3.8, 4) is 17.6 Å². The van der Waals surface area contributed by atoms with Crippen molar-refractivity contribution in [2.45, 2.75) is 13.3 Å². The van der Waals surface area contributed by atoms with Gasteiger partial charge in [0.15, 0.2) is 18.1 Å². The second kappa shape index (κ2) is 11.1. The van der Waals surface area contributed by atoms with Crippen LogP contribution in [0.4, 0.5) is 0 Å². The predicted molar refractivity (Wildman–Crippen MR) is 109 cm³/mol. The van der Waals surface area contributed by atoms with Gasteiger partial charge in [-0.05, 0) is 42.7 Å². The lowest BCUT2D eigenvalue weighted by atomic mass is 10.1. The van der Waals surface area contributed by atoms with Gasteiger partial charge in [-0.1, -0.05) is 36.4 Å². The fourth-order valence-corrected chi connectivity index (χ4v) is 2.53. The first-order valence-electron chi connectivity index (χ1n) is 9.15. The molecule has 2 aromatic carbocycles. The Labute approximate surface area is 169 Å². The summed E-state index contributed by atoms with van der Waals surface area (Å²) in [6.07, 6.45) is 2.14. The number of nitrogens with two attached hydrogens (primary N) is 1. The Morgan fingerprint density at radius 1 is 1.14 bits per heavy atom. The van der Waals surface area contributed by atoms with Crippen molar-refractivity contribution >= 4 is 17.9 Å². The van der Waals surface area contributed by atoms with Gasteiger partial charge in [-0.25, -0.2) is 0 Å². The first-order chi connectivity index (χ1) is 14.0. The van der Waals surface area contributed by atoms with Gasteiger partial charge in [0, 0.05) is 6.54 Å². The number of hydrogen-bond acceptors (Lipinski definition) is 5. The molecule has 0 saturated carbocycles. The quantitative estimate of drug-likeness (QED) is 0.474. The van der Waals surface area contributed by atoms with Crippen LogP contribution in [0, 0.1) is 11.3 Å². The fourth-order valence-electron chi connectivity index (χ4n) is 2.53. The molecule has 0 bridgehead atoms. The standard InChI is InChI=1S/C22H23N3O4/c1-2-28-20-13-17(8-9-19(20)29-15-21(24)26)12-18(14-23)22(27)25-11-10-16-6-4-3-5-7-16/h3-9,12-13H,2,10-11,15H2,1H3,(H2,24,26)(H,25,27)/b18-12+. The third kappa shape index (κ3) is 7.03. The minimum absolute atomic E-state index is 0.0219. The summed E-state index contributed by atoms with van der Waals surface area (Å²) in [5, 5.41) is 12.1. The average Bonchev–Trinajstić information content (AvgIpc) is 2.72. The summed E-state index contributed by atoms with van der Waals surface area (Å²) in [6.45, 7) is 2.33. The first kappa shape index (κ1) is 21.5. The molecule has 0 unspecified atom stereocenters. The van der Waals surface area contributed by atoms with Gasteiger partial charge in [-0.3, -0.25) is 9.59 Å². The van der Waals surface area contributed by atoms with Gasteiger partial charge < -0.3 is 20.5 Å². The second-order valence-electron chi connectivity index (χ2n) is 6.06. The number of benzene rings is 2. The molecule has 2 rings (SSSR count). The Kier molecular flexibility index (Phi) is 8.27. The minimum Gasteiger partial charge on any atom is -0.490 e. The molecule has 0 radical (unpaired) electrons. The van der Waals surface area contributed by atoms with Crippen LogP contribution in [-0.4, -0.2) is 31.6 Å². The van der Waals surface area contributed by atoms with Crippen molar-refractivity contribution in [2.75, 3.05) is 19.8 Å². The number of nitrogens with one attached hydrogen (secondary N) is 1. The van der Waals surface area contributed by atoms with Gasteiger partial charge >= 0.3 is 0 Å². The molecule has 0 aromatic heterocycles. The van der Waals surface area contributed by atoms with E-state index in [1.807, 2.05) is 36.4 Å². The lowest BCUT2D eigenvalue weighted by molar-refractivity contribution is -0.120. The minimum atomic E-state index is -0.602. The van der Waals surface area contributed by atoms with Gasteiger partial charge in [0.2, 0.25) is 0 Å². The molecule has 7 heteroatoms. The Bertz CT molecular complexity index is 917. The maximum atomic E-state index is 12.3. The summed E-state index contributed by atoms with van der Waals surface area (Å²) >= 11 is 0. The Balaban J connectivity index is 2.07. The van der Waals surface area contributed by atoms with Crippen LogP contribution in [0.5, 0.6) is 11.5 Å². The van der Waals surface area contributed by atoms with E-state index in [0.29, 0.717) is 36.6 Å². The van der Waals surface area contributed by atoms with Crippen molar-refractivity contribution < 1.29 is 19.1 Å². The van der Waals surface area contributed by atoms with Crippen LogP contribution in [0.3, 0.4) is 0 Å². The number of hydrogen-bond donors (Lipinski definition) is 2. The zero-order valence-electron chi connectivity index (χ0n) is 16.2. The molecule has 0 aliphatic heterocycles. The second-order valence-corrected chi connectivity index (χ2v) is 6.06.